The monoisotopic (exact) mass is 271 g/mol. The van der Waals surface area contributed by atoms with Crippen molar-refractivity contribution in [2.75, 3.05) is 23.5 Å². The van der Waals surface area contributed by atoms with E-state index in [1.165, 1.54) is 7.11 Å². The van der Waals surface area contributed by atoms with E-state index in [0.29, 0.717) is 17.1 Å². The molecule has 5 heteroatoms. The molecule has 0 atom stereocenters. The lowest BCUT2D eigenvalue weighted by atomic mass is 10.2. The van der Waals surface area contributed by atoms with Gasteiger partial charge in [-0.05, 0) is 42.8 Å². The summed E-state index contributed by atoms with van der Waals surface area (Å²) in [5.41, 5.74) is 8.58. The van der Waals surface area contributed by atoms with Crippen LogP contribution in [0.15, 0.2) is 42.5 Å². The van der Waals surface area contributed by atoms with Gasteiger partial charge in [0.1, 0.15) is 5.75 Å². The van der Waals surface area contributed by atoms with Gasteiger partial charge < -0.3 is 21.1 Å². The number of carbonyl (C=O) groups excluding carboxylic acids is 1. The quantitative estimate of drug-likeness (QED) is 0.750. The third-order valence-electron chi connectivity index (χ3n) is 2.75. The largest absolute Gasteiger partial charge is 0.495 e. The number of rotatable bonds is 3. The topological polar surface area (TPSA) is 76.4 Å². The molecule has 104 valence electrons. The average molecular weight is 271 g/mol. The Morgan fingerprint density at radius 3 is 2.65 bits per heavy atom. The average Bonchev–Trinajstić information content (AvgIpc) is 2.38. The molecule has 2 aromatic rings. The van der Waals surface area contributed by atoms with E-state index >= 15 is 0 Å². The fourth-order valence-corrected chi connectivity index (χ4v) is 1.83. The molecule has 0 bridgehead atoms. The summed E-state index contributed by atoms with van der Waals surface area (Å²) >= 11 is 0. The van der Waals surface area contributed by atoms with Gasteiger partial charge in [-0.15, -0.1) is 0 Å². The molecule has 5 nitrogen and oxygen atoms in total. The Morgan fingerprint density at radius 1 is 1.15 bits per heavy atom. The molecule has 2 amide bonds. The molecule has 0 saturated heterocycles. The predicted molar refractivity (Wildman–Crippen MR) is 81.2 cm³/mol. The van der Waals surface area contributed by atoms with E-state index in [1.807, 2.05) is 31.2 Å². The first kappa shape index (κ1) is 13.7. The van der Waals surface area contributed by atoms with E-state index < -0.39 is 0 Å². The fourth-order valence-electron chi connectivity index (χ4n) is 1.83. The number of aryl methyl sites for hydroxylation is 1. The molecule has 0 saturated carbocycles. The van der Waals surface area contributed by atoms with Crippen molar-refractivity contribution in [1.29, 1.82) is 0 Å². The van der Waals surface area contributed by atoms with E-state index in [1.54, 1.807) is 18.2 Å². The van der Waals surface area contributed by atoms with Gasteiger partial charge in [-0.3, -0.25) is 0 Å². The number of hydrogen-bond acceptors (Lipinski definition) is 3. The zero-order valence-electron chi connectivity index (χ0n) is 11.4. The number of ether oxygens (including phenoxy) is 1. The molecule has 0 radical (unpaired) electrons. The summed E-state index contributed by atoms with van der Waals surface area (Å²) in [4.78, 5) is 12.0. The summed E-state index contributed by atoms with van der Waals surface area (Å²) in [6.07, 6.45) is 0. The van der Waals surface area contributed by atoms with Crippen molar-refractivity contribution in [1.82, 2.24) is 0 Å². The van der Waals surface area contributed by atoms with Crippen molar-refractivity contribution >= 4 is 23.1 Å². The second-order valence-electron chi connectivity index (χ2n) is 4.41. The third kappa shape index (κ3) is 3.41. The molecule has 4 N–H and O–H groups in total. The van der Waals surface area contributed by atoms with Gasteiger partial charge in [-0.1, -0.05) is 12.1 Å². The molecule has 0 unspecified atom stereocenters. The molecule has 2 aromatic carbocycles. The van der Waals surface area contributed by atoms with E-state index in [0.717, 1.165) is 11.3 Å². The summed E-state index contributed by atoms with van der Waals surface area (Å²) in [6.45, 7) is 1.96. The highest BCUT2D eigenvalue weighted by Gasteiger charge is 2.08. The molecule has 0 spiro atoms. The van der Waals surface area contributed by atoms with Crippen LogP contribution in [-0.2, 0) is 0 Å². The molecule has 0 aliphatic heterocycles. The van der Waals surface area contributed by atoms with Crippen LogP contribution >= 0.6 is 0 Å². The third-order valence-corrected chi connectivity index (χ3v) is 2.75. The summed E-state index contributed by atoms with van der Waals surface area (Å²) in [5.74, 6) is 0.554. The lowest BCUT2D eigenvalue weighted by Crippen LogP contribution is -2.19. The molecule has 2 rings (SSSR count). The van der Waals surface area contributed by atoms with Crippen LogP contribution in [0, 0.1) is 6.92 Å². The first-order valence-electron chi connectivity index (χ1n) is 6.16. The first-order valence-corrected chi connectivity index (χ1v) is 6.16. The second-order valence-corrected chi connectivity index (χ2v) is 4.41. The Bertz CT molecular complexity index is 626. The highest BCUT2D eigenvalue weighted by atomic mass is 16.5. The summed E-state index contributed by atoms with van der Waals surface area (Å²) in [7, 11) is 1.54. The van der Waals surface area contributed by atoms with Gasteiger partial charge in [0.15, 0.2) is 0 Å². The minimum atomic E-state index is -0.348. The van der Waals surface area contributed by atoms with Gasteiger partial charge >= 0.3 is 6.03 Å². The number of nitrogens with two attached hydrogens (primary N) is 1. The molecular weight excluding hydrogens is 254 g/mol. The molecule has 0 aliphatic rings. The number of carbonyl (C=O) groups is 1. The van der Waals surface area contributed by atoms with Crippen molar-refractivity contribution in [3.05, 3.63) is 48.0 Å². The van der Waals surface area contributed by atoms with Crippen LogP contribution in [0.25, 0.3) is 0 Å². The van der Waals surface area contributed by atoms with Crippen LogP contribution < -0.4 is 21.1 Å². The SMILES string of the molecule is COc1ccc(N)cc1NC(=O)Nc1cccc(C)c1. The van der Waals surface area contributed by atoms with Crippen molar-refractivity contribution in [3.63, 3.8) is 0 Å². The lowest BCUT2D eigenvalue weighted by Gasteiger charge is -2.12. The zero-order valence-corrected chi connectivity index (χ0v) is 11.4. The number of methoxy groups -OCH3 is 1. The number of nitrogens with one attached hydrogen (secondary N) is 2. The molecule has 20 heavy (non-hydrogen) atoms. The standard InChI is InChI=1S/C15H17N3O2/c1-10-4-3-5-12(8-10)17-15(19)18-13-9-11(16)6-7-14(13)20-2/h3-9H,16H2,1-2H3,(H2,17,18,19). The number of urea groups is 1. The van der Waals surface area contributed by atoms with Crippen LogP contribution in [0.5, 0.6) is 5.75 Å². The van der Waals surface area contributed by atoms with Crippen LogP contribution in [0.3, 0.4) is 0 Å². The Labute approximate surface area is 117 Å². The van der Waals surface area contributed by atoms with Crippen LogP contribution in [0.4, 0.5) is 21.9 Å². The van der Waals surface area contributed by atoms with Gasteiger partial charge in [-0.25, -0.2) is 4.79 Å². The number of hydrogen-bond donors (Lipinski definition) is 3. The maximum atomic E-state index is 12.0. The first-order chi connectivity index (χ1) is 9.58. The number of amides is 2. The second kappa shape index (κ2) is 5.97. The molecule has 0 aliphatic carbocycles. The van der Waals surface area contributed by atoms with Gasteiger partial charge in [0.05, 0.1) is 12.8 Å². The Morgan fingerprint density at radius 2 is 1.95 bits per heavy atom. The molecule has 0 fully saturated rings. The number of nitrogen functional groups attached to an aromatic ring is 1. The summed E-state index contributed by atoms with van der Waals surface area (Å²) < 4.78 is 5.17. The van der Waals surface area contributed by atoms with Crippen LogP contribution in [-0.4, -0.2) is 13.1 Å². The Balaban J connectivity index is 2.10. The lowest BCUT2D eigenvalue weighted by molar-refractivity contribution is 0.262. The van der Waals surface area contributed by atoms with E-state index in [9.17, 15) is 4.79 Å². The van der Waals surface area contributed by atoms with Crippen LogP contribution in [0.2, 0.25) is 0 Å². The van der Waals surface area contributed by atoms with Gasteiger partial charge in [-0.2, -0.15) is 0 Å². The van der Waals surface area contributed by atoms with Gasteiger partial charge in [0.25, 0.3) is 0 Å². The number of anilines is 3. The van der Waals surface area contributed by atoms with Crippen LogP contribution in [0.1, 0.15) is 5.56 Å². The Hall–Kier alpha value is -2.69. The van der Waals surface area contributed by atoms with Crippen molar-refractivity contribution in [3.8, 4) is 5.75 Å². The highest BCUT2D eigenvalue weighted by molar-refractivity contribution is 6.01. The maximum Gasteiger partial charge on any atom is 0.323 e. The van der Waals surface area contributed by atoms with Gasteiger partial charge in [0, 0.05) is 11.4 Å². The number of benzene rings is 2. The normalized spacial score (nSPS) is 9.90. The van der Waals surface area contributed by atoms with Crippen molar-refractivity contribution < 1.29 is 9.53 Å². The molecule has 0 aromatic heterocycles. The maximum absolute atomic E-state index is 12.0. The predicted octanol–water partition coefficient (Wildman–Crippen LogP) is 3.23. The van der Waals surface area contributed by atoms with Crippen molar-refractivity contribution in [2.24, 2.45) is 0 Å². The van der Waals surface area contributed by atoms with E-state index in [-0.39, 0.29) is 6.03 Å². The van der Waals surface area contributed by atoms with Crippen molar-refractivity contribution in [2.45, 2.75) is 6.92 Å². The minimum Gasteiger partial charge on any atom is -0.495 e. The molecular formula is C15H17N3O2. The van der Waals surface area contributed by atoms with E-state index in [2.05, 4.69) is 10.6 Å². The van der Waals surface area contributed by atoms with Gasteiger partial charge in [0.2, 0.25) is 0 Å². The fraction of sp³-hybridized carbons (Fsp3) is 0.133. The summed E-state index contributed by atoms with van der Waals surface area (Å²) in [5, 5.41) is 5.47. The smallest absolute Gasteiger partial charge is 0.323 e. The summed E-state index contributed by atoms with van der Waals surface area (Å²) in [6, 6.07) is 12.3. The Kier molecular flexibility index (Phi) is 4.10. The zero-order chi connectivity index (χ0) is 14.5. The highest BCUT2D eigenvalue weighted by Crippen LogP contribution is 2.26. The minimum absolute atomic E-state index is 0.348. The van der Waals surface area contributed by atoms with E-state index in [4.69, 9.17) is 10.5 Å². The molecule has 0 heterocycles.